The summed E-state index contributed by atoms with van der Waals surface area (Å²) in [5, 5.41) is 9.81. The minimum atomic E-state index is -2.88. The zero-order chi connectivity index (χ0) is 10.4. The summed E-state index contributed by atoms with van der Waals surface area (Å²) in [7, 11) is 0. The zero-order valence-electron chi connectivity index (χ0n) is 7.93. The quantitative estimate of drug-likeness (QED) is 0.774. The van der Waals surface area contributed by atoms with Crippen molar-refractivity contribution in [2.75, 3.05) is 0 Å². The van der Waals surface area contributed by atoms with Gasteiger partial charge in [0, 0.05) is 12.5 Å². The van der Waals surface area contributed by atoms with Gasteiger partial charge in [0.15, 0.2) is 0 Å². The second-order valence-corrected chi connectivity index (χ2v) is 3.97. The highest BCUT2D eigenvalue weighted by atomic mass is 19.3. The Balaban J connectivity index is 2.50. The third-order valence-electron chi connectivity index (χ3n) is 2.62. The van der Waals surface area contributed by atoms with Crippen molar-refractivity contribution in [3.63, 3.8) is 0 Å². The van der Waals surface area contributed by atoms with Crippen LogP contribution >= 0.6 is 0 Å². The second-order valence-electron chi connectivity index (χ2n) is 3.97. The van der Waals surface area contributed by atoms with E-state index in [-0.39, 0.29) is 5.56 Å². The van der Waals surface area contributed by atoms with E-state index in [1.807, 2.05) is 0 Å². The van der Waals surface area contributed by atoms with E-state index in [0.29, 0.717) is 18.4 Å². The highest BCUT2D eigenvalue weighted by molar-refractivity contribution is 5.38. The van der Waals surface area contributed by atoms with E-state index in [1.165, 1.54) is 6.07 Å². The first-order valence-electron chi connectivity index (χ1n) is 4.64. The third kappa shape index (κ3) is 1.52. The molecule has 1 aliphatic rings. The molecule has 76 valence electrons. The predicted molar refractivity (Wildman–Crippen MR) is 49.1 cm³/mol. The van der Waals surface area contributed by atoms with Crippen molar-refractivity contribution in [2.45, 2.75) is 31.3 Å². The molecule has 1 nitrogen and oxygen atoms in total. The van der Waals surface area contributed by atoms with Crippen molar-refractivity contribution in [1.29, 1.82) is 0 Å². The normalized spacial score (nSPS) is 19.4. The summed E-state index contributed by atoms with van der Waals surface area (Å²) in [6.45, 7) is 0.859. The molecule has 0 saturated heterocycles. The fraction of sp³-hybridized carbons (Fsp3) is 0.455. The molecule has 0 heterocycles. The Bertz CT molecular complexity index is 326. The summed E-state index contributed by atoms with van der Waals surface area (Å²) in [5.74, 6) is -2.88. The largest absolute Gasteiger partial charge is 0.385 e. The molecular formula is C11H12F2O. The number of benzene rings is 1. The monoisotopic (exact) mass is 198 g/mol. The molecular weight excluding hydrogens is 186 g/mol. The molecule has 0 spiro atoms. The first kappa shape index (κ1) is 9.59. The van der Waals surface area contributed by atoms with Gasteiger partial charge in [0.2, 0.25) is 0 Å². The van der Waals surface area contributed by atoms with Gasteiger partial charge in [-0.15, -0.1) is 0 Å². The van der Waals surface area contributed by atoms with Crippen LogP contribution in [-0.2, 0) is 11.5 Å². The molecule has 1 fully saturated rings. The molecule has 1 aliphatic carbocycles. The lowest BCUT2D eigenvalue weighted by atomic mass is 9.97. The number of hydrogen-bond acceptors (Lipinski definition) is 1. The third-order valence-corrected chi connectivity index (χ3v) is 2.62. The van der Waals surface area contributed by atoms with E-state index in [1.54, 1.807) is 18.2 Å². The van der Waals surface area contributed by atoms with Crippen LogP contribution in [0.15, 0.2) is 24.3 Å². The van der Waals surface area contributed by atoms with E-state index >= 15 is 0 Å². The molecule has 2 rings (SSSR count). The SMILES string of the molecule is CC(F)(F)c1ccccc1C1(O)CC1. The molecule has 1 aromatic rings. The van der Waals surface area contributed by atoms with Crippen LogP contribution in [0.1, 0.15) is 30.9 Å². The van der Waals surface area contributed by atoms with Gasteiger partial charge in [-0.1, -0.05) is 24.3 Å². The van der Waals surface area contributed by atoms with Crippen molar-refractivity contribution >= 4 is 0 Å². The van der Waals surface area contributed by atoms with Gasteiger partial charge < -0.3 is 5.11 Å². The molecule has 0 unspecified atom stereocenters. The van der Waals surface area contributed by atoms with E-state index < -0.39 is 11.5 Å². The topological polar surface area (TPSA) is 20.2 Å². The van der Waals surface area contributed by atoms with Crippen molar-refractivity contribution in [3.05, 3.63) is 35.4 Å². The van der Waals surface area contributed by atoms with Crippen molar-refractivity contribution in [2.24, 2.45) is 0 Å². The highest BCUT2D eigenvalue weighted by Crippen LogP contribution is 2.48. The van der Waals surface area contributed by atoms with Crippen molar-refractivity contribution in [1.82, 2.24) is 0 Å². The van der Waals surface area contributed by atoms with E-state index in [2.05, 4.69) is 0 Å². The Morgan fingerprint density at radius 1 is 1.29 bits per heavy atom. The minimum absolute atomic E-state index is 0.0556. The van der Waals surface area contributed by atoms with E-state index in [4.69, 9.17) is 0 Å². The van der Waals surface area contributed by atoms with Gasteiger partial charge in [0.05, 0.1) is 5.60 Å². The van der Waals surface area contributed by atoms with E-state index in [9.17, 15) is 13.9 Å². The molecule has 0 bridgehead atoms. The van der Waals surface area contributed by atoms with Crippen LogP contribution in [0.25, 0.3) is 0 Å². The summed E-state index contributed by atoms with van der Waals surface area (Å²) in [6, 6.07) is 6.22. The second kappa shape index (κ2) is 2.76. The lowest BCUT2D eigenvalue weighted by molar-refractivity contribution is 0.0126. The lowest BCUT2D eigenvalue weighted by Crippen LogP contribution is -2.16. The molecule has 0 amide bonds. The van der Waals surface area contributed by atoms with Crippen LogP contribution in [-0.4, -0.2) is 5.11 Å². The first-order chi connectivity index (χ1) is 6.43. The fourth-order valence-electron chi connectivity index (χ4n) is 1.66. The Kier molecular flexibility index (Phi) is 1.89. The number of halogens is 2. The molecule has 1 N–H and O–H groups in total. The van der Waals surface area contributed by atoms with Crippen molar-refractivity contribution < 1.29 is 13.9 Å². The Morgan fingerprint density at radius 2 is 1.86 bits per heavy atom. The van der Waals surface area contributed by atoms with Gasteiger partial charge in [-0.3, -0.25) is 0 Å². The zero-order valence-corrected chi connectivity index (χ0v) is 7.93. The van der Waals surface area contributed by atoms with Crippen LogP contribution < -0.4 is 0 Å². The molecule has 14 heavy (non-hydrogen) atoms. The predicted octanol–water partition coefficient (Wildman–Crippen LogP) is 2.78. The van der Waals surface area contributed by atoms with Crippen LogP contribution in [0.2, 0.25) is 0 Å². The number of aliphatic hydroxyl groups is 1. The van der Waals surface area contributed by atoms with Gasteiger partial charge in [0.1, 0.15) is 0 Å². The molecule has 0 atom stereocenters. The molecule has 3 heteroatoms. The van der Waals surface area contributed by atoms with Gasteiger partial charge in [-0.2, -0.15) is 0 Å². The summed E-state index contributed by atoms with van der Waals surface area (Å²) in [6.07, 6.45) is 1.17. The van der Waals surface area contributed by atoms with Crippen molar-refractivity contribution in [3.8, 4) is 0 Å². The van der Waals surface area contributed by atoms with Crippen LogP contribution in [0, 0.1) is 0 Å². The van der Waals surface area contributed by atoms with Crippen LogP contribution in [0.4, 0.5) is 8.78 Å². The number of hydrogen-bond donors (Lipinski definition) is 1. The molecule has 0 radical (unpaired) electrons. The number of alkyl halides is 2. The Labute approximate surface area is 81.4 Å². The number of rotatable bonds is 2. The summed E-state index contributed by atoms with van der Waals surface area (Å²) in [4.78, 5) is 0. The highest BCUT2D eigenvalue weighted by Gasteiger charge is 2.46. The minimum Gasteiger partial charge on any atom is -0.385 e. The molecule has 0 aromatic heterocycles. The maximum atomic E-state index is 13.2. The van der Waals surface area contributed by atoms with Crippen LogP contribution in [0.5, 0.6) is 0 Å². The average molecular weight is 198 g/mol. The maximum absolute atomic E-state index is 13.2. The molecule has 0 aliphatic heterocycles. The Hall–Kier alpha value is -0.960. The fourth-order valence-corrected chi connectivity index (χ4v) is 1.66. The summed E-state index contributed by atoms with van der Waals surface area (Å²) in [5.41, 5.74) is -0.664. The first-order valence-corrected chi connectivity index (χ1v) is 4.64. The van der Waals surface area contributed by atoms with Gasteiger partial charge in [0.25, 0.3) is 5.92 Å². The summed E-state index contributed by atoms with van der Waals surface area (Å²) < 4.78 is 26.3. The van der Waals surface area contributed by atoms with Gasteiger partial charge in [-0.05, 0) is 18.4 Å². The molecule has 1 aromatic carbocycles. The lowest BCUT2D eigenvalue weighted by Gasteiger charge is -2.18. The summed E-state index contributed by atoms with van der Waals surface area (Å²) >= 11 is 0. The van der Waals surface area contributed by atoms with Gasteiger partial charge >= 0.3 is 0 Å². The molecule has 1 saturated carbocycles. The maximum Gasteiger partial charge on any atom is 0.270 e. The standard InChI is InChI=1S/C11H12F2O/c1-10(12,13)8-4-2-3-5-9(8)11(14)6-7-11/h2-5,14H,6-7H2,1H3. The van der Waals surface area contributed by atoms with Gasteiger partial charge in [-0.25, -0.2) is 8.78 Å². The van der Waals surface area contributed by atoms with Crippen LogP contribution in [0.3, 0.4) is 0 Å². The van der Waals surface area contributed by atoms with E-state index in [0.717, 1.165) is 6.92 Å². The Morgan fingerprint density at radius 3 is 2.36 bits per heavy atom. The average Bonchev–Trinajstić information content (AvgIpc) is 2.84. The smallest absolute Gasteiger partial charge is 0.270 e.